The van der Waals surface area contributed by atoms with E-state index in [9.17, 15) is 5.11 Å². The zero-order valence-electron chi connectivity index (χ0n) is 10.9. The van der Waals surface area contributed by atoms with E-state index < -0.39 is 6.10 Å². The Balaban J connectivity index is 1.92. The number of nitrogens with zero attached hydrogens (tertiary/aromatic N) is 1. The topological polar surface area (TPSA) is 41.8 Å². The maximum atomic E-state index is 10.1. The third-order valence-electron chi connectivity index (χ3n) is 2.79. The van der Waals surface area contributed by atoms with Crippen LogP contribution < -0.4 is 0 Å². The van der Waals surface area contributed by atoms with Crippen LogP contribution in [-0.4, -0.2) is 10.8 Å². The second-order valence-corrected chi connectivity index (χ2v) is 4.30. The van der Waals surface area contributed by atoms with Gasteiger partial charge in [-0.15, -0.1) is 0 Å². The van der Waals surface area contributed by atoms with E-state index in [2.05, 4.69) is 5.16 Å². The lowest BCUT2D eigenvalue weighted by atomic mass is 10.1. The number of aliphatic hydroxyl groups is 1. The largest absolute Gasteiger partial charge is 0.391 e. The van der Waals surface area contributed by atoms with E-state index in [1.54, 1.807) is 6.92 Å². The molecule has 1 atom stereocenters. The molecule has 3 heteroatoms. The summed E-state index contributed by atoms with van der Waals surface area (Å²) in [5, 5.41) is 14.0. The van der Waals surface area contributed by atoms with Crippen molar-refractivity contribution in [2.75, 3.05) is 0 Å². The van der Waals surface area contributed by atoms with E-state index in [1.807, 2.05) is 60.7 Å². The van der Waals surface area contributed by atoms with Gasteiger partial charge in [-0.2, -0.15) is 0 Å². The SMILES string of the molecule is CC(=NOCc1ccccc1)[C@@H](O)c1ccccc1. The number of aliphatic hydroxyl groups excluding tert-OH is 1. The molecule has 1 N–H and O–H groups in total. The van der Waals surface area contributed by atoms with Crippen LogP contribution in [0.4, 0.5) is 0 Å². The Morgan fingerprint density at radius 2 is 1.63 bits per heavy atom. The van der Waals surface area contributed by atoms with Crippen molar-refractivity contribution in [3.05, 3.63) is 71.8 Å². The first kappa shape index (κ1) is 13.3. The predicted octanol–water partition coefficient (Wildman–Crippen LogP) is 3.31. The van der Waals surface area contributed by atoms with E-state index in [1.165, 1.54) is 0 Å². The summed E-state index contributed by atoms with van der Waals surface area (Å²) in [7, 11) is 0. The molecule has 0 aliphatic rings. The number of oxime groups is 1. The fraction of sp³-hybridized carbons (Fsp3) is 0.188. The average Bonchev–Trinajstić information content (AvgIpc) is 2.48. The summed E-state index contributed by atoms with van der Waals surface area (Å²) in [6.45, 7) is 2.16. The second kappa shape index (κ2) is 6.71. The molecule has 0 fully saturated rings. The van der Waals surface area contributed by atoms with Crippen LogP contribution in [0.2, 0.25) is 0 Å². The molecule has 0 spiro atoms. The average molecular weight is 255 g/mol. The van der Waals surface area contributed by atoms with Crippen LogP contribution >= 0.6 is 0 Å². The maximum Gasteiger partial charge on any atom is 0.142 e. The molecule has 0 heterocycles. The summed E-state index contributed by atoms with van der Waals surface area (Å²) in [4.78, 5) is 5.25. The van der Waals surface area contributed by atoms with Crippen molar-refractivity contribution in [1.29, 1.82) is 0 Å². The van der Waals surface area contributed by atoms with Gasteiger partial charge in [0.25, 0.3) is 0 Å². The number of hydrogen-bond acceptors (Lipinski definition) is 3. The van der Waals surface area contributed by atoms with Crippen molar-refractivity contribution in [2.45, 2.75) is 19.6 Å². The highest BCUT2D eigenvalue weighted by Gasteiger charge is 2.10. The van der Waals surface area contributed by atoms with Crippen LogP contribution in [0.1, 0.15) is 24.2 Å². The van der Waals surface area contributed by atoms with Crippen molar-refractivity contribution in [2.24, 2.45) is 5.16 Å². The third-order valence-corrected chi connectivity index (χ3v) is 2.79. The minimum atomic E-state index is -0.725. The van der Waals surface area contributed by atoms with Gasteiger partial charge in [0, 0.05) is 0 Å². The predicted molar refractivity (Wildman–Crippen MR) is 75.7 cm³/mol. The van der Waals surface area contributed by atoms with Crippen molar-refractivity contribution in [3.8, 4) is 0 Å². The lowest BCUT2D eigenvalue weighted by Crippen LogP contribution is -2.08. The van der Waals surface area contributed by atoms with Gasteiger partial charge in [-0.05, 0) is 18.1 Å². The number of benzene rings is 2. The molecule has 0 saturated heterocycles. The quantitative estimate of drug-likeness (QED) is 0.658. The van der Waals surface area contributed by atoms with Crippen molar-refractivity contribution < 1.29 is 9.94 Å². The molecule has 0 aliphatic heterocycles. The van der Waals surface area contributed by atoms with Gasteiger partial charge in [-0.1, -0.05) is 65.8 Å². The molecule has 0 aliphatic carbocycles. The van der Waals surface area contributed by atoms with Gasteiger partial charge < -0.3 is 9.94 Å². The van der Waals surface area contributed by atoms with Gasteiger partial charge in [0.15, 0.2) is 0 Å². The van der Waals surface area contributed by atoms with Crippen LogP contribution in [0.3, 0.4) is 0 Å². The molecular weight excluding hydrogens is 238 g/mol. The summed E-state index contributed by atoms with van der Waals surface area (Å²) in [6.07, 6.45) is -0.725. The minimum absolute atomic E-state index is 0.402. The lowest BCUT2D eigenvalue weighted by Gasteiger charge is -2.10. The van der Waals surface area contributed by atoms with Gasteiger partial charge in [0.05, 0.1) is 5.71 Å². The molecule has 0 aromatic heterocycles. The van der Waals surface area contributed by atoms with E-state index in [0.717, 1.165) is 11.1 Å². The van der Waals surface area contributed by atoms with Gasteiger partial charge in [-0.3, -0.25) is 0 Å². The Morgan fingerprint density at radius 3 is 2.26 bits per heavy atom. The summed E-state index contributed by atoms with van der Waals surface area (Å²) >= 11 is 0. The first-order chi connectivity index (χ1) is 9.27. The zero-order valence-corrected chi connectivity index (χ0v) is 10.9. The first-order valence-corrected chi connectivity index (χ1v) is 6.21. The molecule has 0 radical (unpaired) electrons. The van der Waals surface area contributed by atoms with Gasteiger partial charge >= 0.3 is 0 Å². The Kier molecular flexibility index (Phi) is 4.70. The molecule has 2 rings (SSSR count). The van der Waals surface area contributed by atoms with Gasteiger partial charge in [0.1, 0.15) is 12.7 Å². The van der Waals surface area contributed by atoms with Gasteiger partial charge in [0.2, 0.25) is 0 Å². The monoisotopic (exact) mass is 255 g/mol. The van der Waals surface area contributed by atoms with Crippen LogP contribution in [-0.2, 0) is 11.4 Å². The molecule has 0 saturated carbocycles. The molecule has 0 unspecified atom stereocenters. The summed E-state index contributed by atoms with van der Waals surface area (Å²) in [6, 6.07) is 19.2. The smallest absolute Gasteiger partial charge is 0.142 e. The molecule has 98 valence electrons. The van der Waals surface area contributed by atoms with Crippen LogP contribution in [0.25, 0.3) is 0 Å². The Hall–Kier alpha value is -2.13. The Labute approximate surface area is 113 Å². The first-order valence-electron chi connectivity index (χ1n) is 6.21. The Morgan fingerprint density at radius 1 is 1.05 bits per heavy atom. The summed E-state index contributed by atoms with van der Waals surface area (Å²) < 4.78 is 0. The fourth-order valence-corrected chi connectivity index (χ4v) is 1.71. The van der Waals surface area contributed by atoms with E-state index in [4.69, 9.17) is 4.84 Å². The lowest BCUT2D eigenvalue weighted by molar-refractivity contribution is 0.124. The molecule has 2 aromatic rings. The molecule has 3 nitrogen and oxygen atoms in total. The van der Waals surface area contributed by atoms with Gasteiger partial charge in [-0.25, -0.2) is 0 Å². The molecule has 0 amide bonds. The van der Waals surface area contributed by atoms with Crippen LogP contribution in [0.15, 0.2) is 65.8 Å². The normalized spacial score (nSPS) is 13.1. The highest BCUT2D eigenvalue weighted by Crippen LogP contribution is 2.14. The van der Waals surface area contributed by atoms with Crippen LogP contribution in [0, 0.1) is 0 Å². The molecule has 2 aromatic carbocycles. The summed E-state index contributed by atoms with van der Waals surface area (Å²) in [5.41, 5.74) is 2.41. The standard InChI is InChI=1S/C16H17NO2/c1-13(16(18)15-10-6-3-7-11-15)17-19-12-14-8-4-2-5-9-14/h2-11,16,18H,12H2,1H3/t16-/m1/s1. The maximum absolute atomic E-state index is 10.1. The second-order valence-electron chi connectivity index (χ2n) is 4.30. The number of hydrogen-bond donors (Lipinski definition) is 1. The fourth-order valence-electron chi connectivity index (χ4n) is 1.71. The van der Waals surface area contributed by atoms with E-state index in [-0.39, 0.29) is 0 Å². The Bertz CT molecular complexity index is 523. The summed E-state index contributed by atoms with van der Waals surface area (Å²) in [5.74, 6) is 0. The van der Waals surface area contributed by atoms with Crippen molar-refractivity contribution >= 4 is 5.71 Å². The molecule has 0 bridgehead atoms. The number of rotatable bonds is 5. The molecular formula is C16H17NO2. The van der Waals surface area contributed by atoms with Crippen molar-refractivity contribution in [3.63, 3.8) is 0 Å². The van der Waals surface area contributed by atoms with E-state index in [0.29, 0.717) is 12.3 Å². The highest BCUT2D eigenvalue weighted by molar-refractivity contribution is 5.86. The minimum Gasteiger partial charge on any atom is -0.391 e. The highest BCUT2D eigenvalue weighted by atomic mass is 16.6. The van der Waals surface area contributed by atoms with Crippen molar-refractivity contribution in [1.82, 2.24) is 0 Å². The third kappa shape index (κ3) is 3.93. The van der Waals surface area contributed by atoms with Crippen LogP contribution in [0.5, 0.6) is 0 Å². The van der Waals surface area contributed by atoms with E-state index >= 15 is 0 Å². The zero-order chi connectivity index (χ0) is 13.5. The molecule has 19 heavy (non-hydrogen) atoms.